The number of ether oxygens (including phenoxy) is 2. The lowest BCUT2D eigenvalue weighted by Crippen LogP contribution is -2.23. The minimum atomic E-state index is 0.0238. The largest absolute Gasteiger partial charge is 0.496 e. The van der Waals surface area contributed by atoms with Crippen LogP contribution in [0.5, 0.6) is 5.75 Å². The van der Waals surface area contributed by atoms with E-state index in [1.54, 1.807) is 7.11 Å². The van der Waals surface area contributed by atoms with E-state index in [4.69, 9.17) is 20.6 Å². The molecular formula is C14H23N3O2. The molecule has 1 aromatic carbocycles. The van der Waals surface area contributed by atoms with Crippen LogP contribution < -0.4 is 10.5 Å². The maximum atomic E-state index is 7.56. The lowest BCUT2D eigenvalue weighted by molar-refractivity contribution is 0.120. The number of nitrogen functional groups attached to an aromatic ring is 1. The van der Waals surface area contributed by atoms with Gasteiger partial charge in [-0.2, -0.15) is 0 Å². The molecule has 0 aliphatic carbocycles. The van der Waals surface area contributed by atoms with E-state index in [-0.39, 0.29) is 5.84 Å². The molecule has 0 fully saturated rings. The molecule has 0 radical (unpaired) electrons. The van der Waals surface area contributed by atoms with Crippen molar-refractivity contribution in [3.05, 3.63) is 29.3 Å². The molecular weight excluding hydrogens is 242 g/mol. The van der Waals surface area contributed by atoms with Gasteiger partial charge in [0.1, 0.15) is 11.6 Å². The average Bonchev–Trinajstić information content (AvgIpc) is 2.39. The smallest absolute Gasteiger partial charge is 0.129 e. The third-order valence-electron chi connectivity index (χ3n) is 2.83. The van der Waals surface area contributed by atoms with E-state index in [0.717, 1.165) is 31.9 Å². The maximum absolute atomic E-state index is 7.56. The van der Waals surface area contributed by atoms with Crippen molar-refractivity contribution in [3.63, 3.8) is 0 Å². The van der Waals surface area contributed by atoms with Crippen molar-refractivity contribution < 1.29 is 9.47 Å². The minimum absolute atomic E-state index is 0.0238. The van der Waals surface area contributed by atoms with Crippen LogP contribution in [0.4, 0.5) is 0 Å². The molecule has 0 unspecified atom stereocenters. The number of nitrogens with two attached hydrogens (primary N) is 1. The van der Waals surface area contributed by atoms with Crippen LogP contribution in [-0.4, -0.2) is 44.7 Å². The highest BCUT2D eigenvalue weighted by Crippen LogP contribution is 2.19. The van der Waals surface area contributed by atoms with E-state index in [1.165, 1.54) is 0 Å². The van der Waals surface area contributed by atoms with Gasteiger partial charge in [-0.3, -0.25) is 10.3 Å². The molecule has 0 aliphatic rings. The van der Waals surface area contributed by atoms with Crippen molar-refractivity contribution in [2.24, 2.45) is 5.73 Å². The van der Waals surface area contributed by atoms with E-state index < -0.39 is 0 Å². The second kappa shape index (κ2) is 7.76. The third kappa shape index (κ3) is 4.89. The number of benzene rings is 1. The quantitative estimate of drug-likeness (QED) is 0.424. The fourth-order valence-electron chi connectivity index (χ4n) is 1.82. The summed E-state index contributed by atoms with van der Waals surface area (Å²) in [6.45, 7) is 5.11. The van der Waals surface area contributed by atoms with Gasteiger partial charge in [0.25, 0.3) is 0 Å². The van der Waals surface area contributed by atoms with Crippen molar-refractivity contribution in [1.82, 2.24) is 4.90 Å². The molecule has 1 rings (SSSR count). The van der Waals surface area contributed by atoms with Crippen LogP contribution in [0, 0.1) is 5.41 Å². The number of likely N-dealkylation sites (N-methyl/N-ethyl adjacent to an activating group) is 1. The number of rotatable bonds is 8. The summed E-state index contributed by atoms with van der Waals surface area (Å²) in [5.41, 5.74) is 7.30. The Kier molecular flexibility index (Phi) is 6.32. The highest BCUT2D eigenvalue weighted by Gasteiger charge is 2.08. The van der Waals surface area contributed by atoms with Gasteiger partial charge in [-0.1, -0.05) is 6.07 Å². The Hall–Kier alpha value is -1.59. The first kappa shape index (κ1) is 15.5. The molecule has 0 heterocycles. The van der Waals surface area contributed by atoms with Crippen LogP contribution in [0.1, 0.15) is 18.1 Å². The summed E-state index contributed by atoms with van der Waals surface area (Å²) in [5.74, 6) is 0.656. The highest BCUT2D eigenvalue weighted by molar-refractivity contribution is 5.97. The number of hydrogen-bond acceptors (Lipinski definition) is 4. The van der Waals surface area contributed by atoms with E-state index in [2.05, 4.69) is 4.90 Å². The molecule has 1 aromatic rings. The Balaban J connectivity index is 2.68. The van der Waals surface area contributed by atoms with Gasteiger partial charge in [0.2, 0.25) is 0 Å². The molecule has 19 heavy (non-hydrogen) atoms. The molecule has 0 saturated carbocycles. The second-order valence-electron chi connectivity index (χ2n) is 4.38. The number of methoxy groups -OCH3 is 1. The molecule has 0 saturated heterocycles. The lowest BCUT2D eigenvalue weighted by Gasteiger charge is -2.17. The monoisotopic (exact) mass is 265 g/mol. The minimum Gasteiger partial charge on any atom is -0.496 e. The van der Waals surface area contributed by atoms with Gasteiger partial charge in [0, 0.05) is 19.7 Å². The molecule has 3 N–H and O–H groups in total. The summed E-state index contributed by atoms with van der Waals surface area (Å²) in [6, 6.07) is 5.74. The van der Waals surface area contributed by atoms with Crippen LogP contribution in [0.15, 0.2) is 18.2 Å². The van der Waals surface area contributed by atoms with E-state index >= 15 is 0 Å². The first-order chi connectivity index (χ1) is 9.08. The van der Waals surface area contributed by atoms with Crippen molar-refractivity contribution in [2.75, 3.05) is 33.9 Å². The summed E-state index contributed by atoms with van der Waals surface area (Å²) in [6.07, 6.45) is 0. The molecule has 106 valence electrons. The summed E-state index contributed by atoms with van der Waals surface area (Å²) >= 11 is 0. The molecule has 0 amide bonds. The molecule has 0 aliphatic heterocycles. The molecule has 0 spiro atoms. The normalized spacial score (nSPS) is 10.7. The van der Waals surface area contributed by atoms with Gasteiger partial charge in [0.05, 0.1) is 19.3 Å². The van der Waals surface area contributed by atoms with Crippen molar-refractivity contribution in [3.8, 4) is 5.75 Å². The topological polar surface area (TPSA) is 71.6 Å². The van der Waals surface area contributed by atoms with E-state index in [0.29, 0.717) is 11.3 Å². The molecule has 0 bridgehead atoms. The van der Waals surface area contributed by atoms with Gasteiger partial charge < -0.3 is 15.2 Å². The van der Waals surface area contributed by atoms with Crippen LogP contribution in [0.3, 0.4) is 0 Å². The average molecular weight is 265 g/mol. The first-order valence-corrected chi connectivity index (χ1v) is 6.36. The predicted octanol–water partition coefficient (Wildman–Crippen LogP) is 1.45. The fourth-order valence-corrected chi connectivity index (χ4v) is 1.82. The Morgan fingerprint density at radius 3 is 2.74 bits per heavy atom. The van der Waals surface area contributed by atoms with Crippen molar-refractivity contribution in [2.45, 2.75) is 13.5 Å². The van der Waals surface area contributed by atoms with E-state index in [9.17, 15) is 0 Å². The number of nitrogens with one attached hydrogen (secondary N) is 1. The molecule has 0 aromatic heterocycles. The van der Waals surface area contributed by atoms with Crippen LogP contribution in [0.25, 0.3) is 0 Å². The second-order valence-corrected chi connectivity index (χ2v) is 4.38. The highest BCUT2D eigenvalue weighted by atomic mass is 16.5. The van der Waals surface area contributed by atoms with E-state index in [1.807, 2.05) is 32.2 Å². The molecule has 5 heteroatoms. The standard InChI is InChI=1S/C14H23N3O2/c1-4-19-8-7-17(2)10-11-5-6-13(18-3)12(9-11)14(15)16/h5-6,9H,4,7-8,10H2,1-3H3,(H3,15,16). The number of nitrogens with zero attached hydrogens (tertiary/aromatic N) is 1. The fraction of sp³-hybridized carbons (Fsp3) is 0.500. The number of amidine groups is 1. The summed E-state index contributed by atoms with van der Waals surface area (Å²) in [7, 11) is 3.62. The first-order valence-electron chi connectivity index (χ1n) is 6.36. The van der Waals surface area contributed by atoms with Crippen molar-refractivity contribution >= 4 is 5.84 Å². The zero-order valence-electron chi connectivity index (χ0n) is 11.9. The lowest BCUT2D eigenvalue weighted by atomic mass is 10.1. The third-order valence-corrected chi connectivity index (χ3v) is 2.83. The van der Waals surface area contributed by atoms with Gasteiger partial charge in [-0.15, -0.1) is 0 Å². The maximum Gasteiger partial charge on any atom is 0.129 e. The Bertz CT molecular complexity index is 421. The summed E-state index contributed by atoms with van der Waals surface area (Å²) in [4.78, 5) is 2.17. The SMILES string of the molecule is CCOCCN(C)Cc1ccc(OC)c(C(=N)N)c1. The predicted molar refractivity (Wildman–Crippen MR) is 76.8 cm³/mol. The Morgan fingerprint density at radius 1 is 1.42 bits per heavy atom. The van der Waals surface area contributed by atoms with Gasteiger partial charge >= 0.3 is 0 Å². The van der Waals surface area contributed by atoms with Crippen molar-refractivity contribution in [1.29, 1.82) is 5.41 Å². The van der Waals surface area contributed by atoms with Gasteiger partial charge in [0.15, 0.2) is 0 Å². The summed E-state index contributed by atoms with van der Waals surface area (Å²) in [5, 5.41) is 7.56. The molecule has 5 nitrogen and oxygen atoms in total. The van der Waals surface area contributed by atoms with Gasteiger partial charge in [-0.05, 0) is 31.7 Å². The molecule has 0 atom stereocenters. The Labute approximate surface area is 114 Å². The van der Waals surface area contributed by atoms with Gasteiger partial charge in [-0.25, -0.2) is 0 Å². The van der Waals surface area contributed by atoms with Crippen LogP contribution >= 0.6 is 0 Å². The van der Waals surface area contributed by atoms with Crippen LogP contribution in [0.2, 0.25) is 0 Å². The zero-order valence-corrected chi connectivity index (χ0v) is 11.9. The van der Waals surface area contributed by atoms with Crippen LogP contribution in [-0.2, 0) is 11.3 Å². The zero-order chi connectivity index (χ0) is 14.3. The Morgan fingerprint density at radius 2 is 2.16 bits per heavy atom. The number of hydrogen-bond donors (Lipinski definition) is 2. The summed E-state index contributed by atoms with van der Waals surface area (Å²) < 4.78 is 10.5.